The fraction of sp³-hybridized carbons (Fsp3) is 0.211. The monoisotopic (exact) mass is 397 g/mol. The minimum atomic E-state index is -0.0443. The molecule has 0 radical (unpaired) electrons. The Bertz CT molecular complexity index is 1230. The largest absolute Gasteiger partial charge is 0.323 e. The number of thiophene rings is 1. The Hall–Kier alpha value is -2.09. The number of aromatic nitrogens is 3. The molecule has 1 aromatic carbocycles. The van der Waals surface area contributed by atoms with E-state index in [2.05, 4.69) is 9.97 Å². The van der Waals surface area contributed by atoms with Crippen LogP contribution in [0.2, 0.25) is 0 Å². The van der Waals surface area contributed by atoms with Crippen LogP contribution in [0.1, 0.15) is 23.3 Å². The molecule has 4 aromatic rings. The molecule has 26 heavy (non-hydrogen) atoms. The summed E-state index contributed by atoms with van der Waals surface area (Å²) in [5, 5.41) is 3.39. The van der Waals surface area contributed by atoms with E-state index in [4.69, 9.17) is 12.2 Å². The highest BCUT2D eigenvalue weighted by Gasteiger charge is 2.21. The van der Waals surface area contributed by atoms with Gasteiger partial charge in [-0.15, -0.1) is 22.7 Å². The summed E-state index contributed by atoms with van der Waals surface area (Å²) in [7, 11) is 0. The van der Waals surface area contributed by atoms with Crippen molar-refractivity contribution in [1.82, 2.24) is 14.5 Å². The summed E-state index contributed by atoms with van der Waals surface area (Å²) in [6, 6.07) is 9.97. The number of rotatable bonds is 2. The zero-order valence-corrected chi connectivity index (χ0v) is 16.3. The topological polar surface area (TPSA) is 50.7 Å². The lowest BCUT2D eigenvalue weighted by Crippen LogP contribution is -2.21. The molecule has 0 saturated heterocycles. The maximum Gasteiger partial charge on any atom is 0.269 e. The van der Waals surface area contributed by atoms with Crippen LogP contribution in [-0.4, -0.2) is 14.5 Å². The molecule has 7 heteroatoms. The molecule has 1 N–H and O–H groups in total. The molecule has 0 saturated carbocycles. The molecule has 0 unspecified atom stereocenters. The standard InChI is InChI=1S/C19H15N3OS3/c23-17-15-12-8-4-5-9-14(12)26-16(15)21-18(24)22(17)19-20-13(10-25-19)11-6-2-1-3-7-11/h1-3,6-7,10H,4-5,8-9H2,(H,21,24). The third kappa shape index (κ3) is 2.50. The Morgan fingerprint density at radius 2 is 1.96 bits per heavy atom. The van der Waals surface area contributed by atoms with Gasteiger partial charge < -0.3 is 4.98 Å². The Balaban J connectivity index is 1.72. The van der Waals surface area contributed by atoms with E-state index in [1.165, 1.54) is 28.2 Å². The van der Waals surface area contributed by atoms with E-state index >= 15 is 0 Å². The van der Waals surface area contributed by atoms with E-state index in [0.29, 0.717) is 9.90 Å². The van der Waals surface area contributed by atoms with Gasteiger partial charge in [0.2, 0.25) is 0 Å². The summed E-state index contributed by atoms with van der Waals surface area (Å²) in [6.45, 7) is 0. The summed E-state index contributed by atoms with van der Waals surface area (Å²) in [5.74, 6) is 0. The van der Waals surface area contributed by atoms with E-state index < -0.39 is 0 Å². The van der Waals surface area contributed by atoms with Gasteiger partial charge in [0.1, 0.15) is 4.83 Å². The maximum absolute atomic E-state index is 13.3. The number of nitrogens with one attached hydrogen (secondary N) is 1. The summed E-state index contributed by atoms with van der Waals surface area (Å²) >= 11 is 8.62. The Morgan fingerprint density at radius 3 is 2.81 bits per heavy atom. The first-order chi connectivity index (χ1) is 12.7. The summed E-state index contributed by atoms with van der Waals surface area (Å²) in [6.07, 6.45) is 4.37. The lowest BCUT2D eigenvalue weighted by atomic mass is 9.97. The second kappa shape index (κ2) is 6.26. The van der Waals surface area contributed by atoms with Gasteiger partial charge in [0, 0.05) is 15.8 Å². The highest BCUT2D eigenvalue weighted by Crippen LogP contribution is 2.34. The van der Waals surface area contributed by atoms with Crippen molar-refractivity contribution in [2.75, 3.05) is 0 Å². The van der Waals surface area contributed by atoms with E-state index in [0.717, 1.165) is 40.7 Å². The Kier molecular flexibility index (Phi) is 3.88. The molecular weight excluding hydrogens is 382 g/mol. The number of fused-ring (bicyclic) bond motifs is 3. The van der Waals surface area contributed by atoms with Gasteiger partial charge in [-0.3, -0.25) is 4.79 Å². The third-order valence-corrected chi connectivity index (χ3v) is 7.08. The molecule has 0 spiro atoms. The molecule has 5 rings (SSSR count). The molecule has 130 valence electrons. The van der Waals surface area contributed by atoms with Crippen molar-refractivity contribution in [3.63, 3.8) is 0 Å². The van der Waals surface area contributed by atoms with Gasteiger partial charge in [0.15, 0.2) is 9.90 Å². The van der Waals surface area contributed by atoms with Crippen molar-refractivity contribution in [3.8, 4) is 16.4 Å². The SMILES string of the molecule is O=c1c2c3c(sc2[nH]c(=S)n1-c1nc(-c2ccccc2)cs1)CCCC3. The predicted octanol–water partition coefficient (Wildman–Crippen LogP) is 5.11. The first kappa shape index (κ1) is 16.1. The minimum absolute atomic E-state index is 0.0443. The van der Waals surface area contributed by atoms with Crippen molar-refractivity contribution >= 4 is 45.1 Å². The van der Waals surface area contributed by atoms with Crippen LogP contribution in [0.15, 0.2) is 40.5 Å². The summed E-state index contributed by atoms with van der Waals surface area (Å²) in [4.78, 5) is 23.5. The number of hydrogen-bond donors (Lipinski definition) is 1. The fourth-order valence-electron chi connectivity index (χ4n) is 3.52. The highest BCUT2D eigenvalue weighted by molar-refractivity contribution is 7.71. The number of nitrogens with zero attached hydrogens (tertiary/aromatic N) is 2. The second-order valence-electron chi connectivity index (χ2n) is 6.37. The molecule has 1 aliphatic carbocycles. The molecule has 3 heterocycles. The molecule has 0 aliphatic heterocycles. The maximum atomic E-state index is 13.3. The summed E-state index contributed by atoms with van der Waals surface area (Å²) < 4.78 is 1.96. The first-order valence-corrected chi connectivity index (χ1v) is 10.6. The van der Waals surface area contributed by atoms with Gasteiger partial charge in [0.05, 0.1) is 11.1 Å². The van der Waals surface area contributed by atoms with Crippen LogP contribution in [0.4, 0.5) is 0 Å². The predicted molar refractivity (Wildman–Crippen MR) is 110 cm³/mol. The van der Waals surface area contributed by atoms with Crippen LogP contribution in [0.3, 0.4) is 0 Å². The van der Waals surface area contributed by atoms with Crippen LogP contribution < -0.4 is 5.56 Å². The van der Waals surface area contributed by atoms with Gasteiger partial charge in [-0.05, 0) is 43.5 Å². The van der Waals surface area contributed by atoms with Crippen molar-refractivity contribution in [3.05, 3.63) is 61.3 Å². The number of aromatic amines is 1. The first-order valence-electron chi connectivity index (χ1n) is 8.53. The van der Waals surface area contributed by atoms with Crippen LogP contribution in [0.25, 0.3) is 26.6 Å². The zero-order valence-electron chi connectivity index (χ0n) is 13.8. The molecular formula is C19H15N3OS3. The van der Waals surface area contributed by atoms with E-state index in [9.17, 15) is 4.79 Å². The third-order valence-electron chi connectivity index (χ3n) is 4.76. The normalized spacial score (nSPS) is 13.8. The van der Waals surface area contributed by atoms with Gasteiger partial charge in [-0.2, -0.15) is 0 Å². The van der Waals surface area contributed by atoms with Gasteiger partial charge in [-0.1, -0.05) is 30.3 Å². The zero-order chi connectivity index (χ0) is 17.7. The van der Waals surface area contributed by atoms with Crippen LogP contribution in [-0.2, 0) is 12.8 Å². The summed E-state index contributed by atoms with van der Waals surface area (Å²) in [5.41, 5.74) is 3.06. The van der Waals surface area contributed by atoms with E-state index in [1.807, 2.05) is 35.7 Å². The van der Waals surface area contributed by atoms with Crippen molar-refractivity contribution in [2.45, 2.75) is 25.7 Å². The van der Waals surface area contributed by atoms with Crippen molar-refractivity contribution in [2.24, 2.45) is 0 Å². The quantitative estimate of drug-likeness (QED) is 0.478. The van der Waals surface area contributed by atoms with Crippen LogP contribution >= 0.6 is 34.9 Å². The highest BCUT2D eigenvalue weighted by atomic mass is 32.1. The number of hydrogen-bond acceptors (Lipinski definition) is 5. The van der Waals surface area contributed by atoms with Crippen molar-refractivity contribution in [1.29, 1.82) is 0 Å². The minimum Gasteiger partial charge on any atom is -0.323 e. The average molecular weight is 398 g/mol. The van der Waals surface area contributed by atoms with E-state index in [1.54, 1.807) is 15.9 Å². The number of H-pyrrole nitrogens is 1. The molecule has 4 nitrogen and oxygen atoms in total. The average Bonchev–Trinajstić information content (AvgIpc) is 3.27. The van der Waals surface area contributed by atoms with Crippen LogP contribution in [0, 0.1) is 4.77 Å². The number of benzene rings is 1. The molecule has 0 fully saturated rings. The number of thiazole rings is 1. The van der Waals surface area contributed by atoms with Crippen LogP contribution in [0.5, 0.6) is 0 Å². The smallest absolute Gasteiger partial charge is 0.269 e. The molecule has 0 bridgehead atoms. The lowest BCUT2D eigenvalue weighted by molar-refractivity contribution is 0.699. The molecule has 0 atom stereocenters. The van der Waals surface area contributed by atoms with Gasteiger partial charge in [-0.25, -0.2) is 9.55 Å². The van der Waals surface area contributed by atoms with E-state index in [-0.39, 0.29) is 5.56 Å². The second-order valence-corrected chi connectivity index (χ2v) is 8.70. The van der Waals surface area contributed by atoms with Gasteiger partial charge in [0.25, 0.3) is 5.56 Å². The Labute approximate surface area is 162 Å². The van der Waals surface area contributed by atoms with Gasteiger partial charge >= 0.3 is 0 Å². The number of aryl methyl sites for hydroxylation is 2. The van der Waals surface area contributed by atoms with Crippen molar-refractivity contribution < 1.29 is 0 Å². The molecule has 0 amide bonds. The Morgan fingerprint density at radius 1 is 1.15 bits per heavy atom. The fourth-order valence-corrected chi connectivity index (χ4v) is 6.03. The lowest BCUT2D eigenvalue weighted by Gasteiger charge is -2.10. The molecule has 3 aromatic heterocycles. The molecule has 1 aliphatic rings.